The SMILES string of the molecule is Brc1cc2cnoc2cc1Br. The first-order chi connectivity index (χ1) is 5.27. The maximum absolute atomic E-state index is 4.95. The second-order valence-electron chi connectivity index (χ2n) is 2.13. The lowest BCUT2D eigenvalue weighted by Gasteiger charge is -1.92. The van der Waals surface area contributed by atoms with Crippen LogP contribution < -0.4 is 0 Å². The summed E-state index contributed by atoms with van der Waals surface area (Å²) in [6.07, 6.45) is 1.69. The smallest absolute Gasteiger partial charge is 0.168 e. The lowest BCUT2D eigenvalue weighted by atomic mass is 10.3. The van der Waals surface area contributed by atoms with E-state index in [4.69, 9.17) is 4.52 Å². The highest BCUT2D eigenvalue weighted by Gasteiger charge is 2.02. The van der Waals surface area contributed by atoms with Crippen LogP contribution in [0.3, 0.4) is 0 Å². The van der Waals surface area contributed by atoms with E-state index in [1.165, 1.54) is 0 Å². The largest absolute Gasteiger partial charge is 0.356 e. The number of fused-ring (bicyclic) bond motifs is 1. The summed E-state index contributed by atoms with van der Waals surface area (Å²) in [7, 11) is 0. The molecule has 2 rings (SSSR count). The van der Waals surface area contributed by atoms with Crippen LogP contribution in [0, 0.1) is 0 Å². The van der Waals surface area contributed by atoms with Gasteiger partial charge in [-0.25, -0.2) is 0 Å². The second-order valence-corrected chi connectivity index (χ2v) is 3.84. The maximum atomic E-state index is 4.95. The van der Waals surface area contributed by atoms with Crippen LogP contribution in [0.2, 0.25) is 0 Å². The van der Waals surface area contributed by atoms with Crippen molar-refractivity contribution in [2.75, 3.05) is 0 Å². The van der Waals surface area contributed by atoms with E-state index in [9.17, 15) is 0 Å². The molecular formula is C7H3Br2NO. The molecule has 0 aliphatic heterocycles. The Morgan fingerprint density at radius 3 is 2.73 bits per heavy atom. The first-order valence-electron chi connectivity index (χ1n) is 2.97. The van der Waals surface area contributed by atoms with Gasteiger partial charge in [0, 0.05) is 14.3 Å². The zero-order chi connectivity index (χ0) is 7.84. The van der Waals surface area contributed by atoms with Crippen LogP contribution in [0.4, 0.5) is 0 Å². The summed E-state index contributed by atoms with van der Waals surface area (Å²) in [5.41, 5.74) is 0.792. The van der Waals surface area contributed by atoms with E-state index in [2.05, 4.69) is 37.0 Å². The summed E-state index contributed by atoms with van der Waals surface area (Å²) >= 11 is 6.75. The minimum atomic E-state index is 0.792. The molecule has 0 N–H and O–H groups in total. The molecule has 1 aromatic carbocycles. The summed E-state index contributed by atoms with van der Waals surface area (Å²) in [6, 6.07) is 3.84. The predicted molar refractivity (Wildman–Crippen MR) is 49.4 cm³/mol. The lowest BCUT2D eigenvalue weighted by Crippen LogP contribution is -1.68. The number of nitrogens with zero attached hydrogens (tertiary/aromatic N) is 1. The number of rotatable bonds is 0. The van der Waals surface area contributed by atoms with Gasteiger partial charge in [-0.1, -0.05) is 5.16 Å². The van der Waals surface area contributed by atoms with Crippen LogP contribution in [-0.2, 0) is 0 Å². The Kier molecular flexibility index (Phi) is 1.73. The molecule has 0 fully saturated rings. The monoisotopic (exact) mass is 275 g/mol. The molecule has 0 saturated heterocycles. The molecule has 0 aliphatic carbocycles. The zero-order valence-electron chi connectivity index (χ0n) is 5.34. The van der Waals surface area contributed by atoms with Crippen molar-refractivity contribution in [3.8, 4) is 0 Å². The number of halogens is 2. The van der Waals surface area contributed by atoms with E-state index >= 15 is 0 Å². The Labute approximate surface area is 79.8 Å². The van der Waals surface area contributed by atoms with Crippen molar-refractivity contribution in [2.24, 2.45) is 0 Å². The van der Waals surface area contributed by atoms with Crippen LogP contribution in [0.1, 0.15) is 0 Å². The van der Waals surface area contributed by atoms with Crippen molar-refractivity contribution in [1.29, 1.82) is 0 Å². The molecule has 56 valence electrons. The third-order valence-corrected chi connectivity index (χ3v) is 3.24. The first kappa shape index (κ1) is 7.31. The highest BCUT2D eigenvalue weighted by Crippen LogP contribution is 2.28. The van der Waals surface area contributed by atoms with Gasteiger partial charge in [-0.3, -0.25) is 0 Å². The Balaban J connectivity index is 2.86. The van der Waals surface area contributed by atoms with Gasteiger partial charge in [0.1, 0.15) is 0 Å². The third-order valence-electron chi connectivity index (χ3n) is 1.40. The summed E-state index contributed by atoms with van der Waals surface area (Å²) < 4.78 is 6.93. The molecule has 2 aromatic rings. The third kappa shape index (κ3) is 1.20. The predicted octanol–water partition coefficient (Wildman–Crippen LogP) is 3.35. The van der Waals surface area contributed by atoms with Gasteiger partial charge in [-0.05, 0) is 44.0 Å². The molecule has 1 heterocycles. The van der Waals surface area contributed by atoms with Gasteiger partial charge in [-0.15, -0.1) is 0 Å². The van der Waals surface area contributed by atoms with Crippen molar-refractivity contribution in [3.05, 3.63) is 27.3 Å². The van der Waals surface area contributed by atoms with Crippen molar-refractivity contribution in [1.82, 2.24) is 5.16 Å². The Hall–Kier alpha value is -0.350. The van der Waals surface area contributed by atoms with Crippen LogP contribution in [0.5, 0.6) is 0 Å². The zero-order valence-corrected chi connectivity index (χ0v) is 8.52. The number of hydrogen-bond donors (Lipinski definition) is 0. The number of aromatic nitrogens is 1. The summed E-state index contributed by atoms with van der Waals surface area (Å²) in [5.74, 6) is 0. The van der Waals surface area contributed by atoms with Crippen molar-refractivity contribution in [2.45, 2.75) is 0 Å². The molecule has 0 bridgehead atoms. The highest BCUT2D eigenvalue weighted by molar-refractivity contribution is 9.13. The summed E-state index contributed by atoms with van der Waals surface area (Å²) in [5, 5.41) is 4.67. The molecule has 1 aromatic heterocycles. The van der Waals surface area contributed by atoms with Gasteiger partial charge in [0.05, 0.1) is 6.20 Å². The molecule has 0 radical (unpaired) electrons. The standard InChI is InChI=1S/C7H3Br2NO/c8-5-1-4-3-10-11-7(4)2-6(5)9/h1-3H. The Bertz CT molecular complexity index is 360. The van der Waals surface area contributed by atoms with E-state index in [-0.39, 0.29) is 0 Å². The van der Waals surface area contributed by atoms with Gasteiger partial charge >= 0.3 is 0 Å². The van der Waals surface area contributed by atoms with Crippen molar-refractivity contribution >= 4 is 42.8 Å². The van der Waals surface area contributed by atoms with Crippen molar-refractivity contribution in [3.63, 3.8) is 0 Å². The molecule has 2 nitrogen and oxygen atoms in total. The van der Waals surface area contributed by atoms with Gasteiger partial charge in [0.2, 0.25) is 0 Å². The van der Waals surface area contributed by atoms with Crippen LogP contribution in [0.15, 0.2) is 31.8 Å². The number of hydrogen-bond acceptors (Lipinski definition) is 2. The van der Waals surface area contributed by atoms with Crippen LogP contribution in [-0.4, -0.2) is 5.16 Å². The lowest BCUT2D eigenvalue weighted by molar-refractivity contribution is 0.456. The second kappa shape index (κ2) is 2.60. The van der Waals surface area contributed by atoms with Gasteiger partial charge < -0.3 is 4.52 Å². The minimum Gasteiger partial charge on any atom is -0.356 e. The highest BCUT2D eigenvalue weighted by atomic mass is 79.9. The average Bonchev–Trinajstić information content (AvgIpc) is 2.36. The molecule has 11 heavy (non-hydrogen) atoms. The van der Waals surface area contributed by atoms with E-state index in [0.29, 0.717) is 0 Å². The Morgan fingerprint density at radius 1 is 1.18 bits per heavy atom. The molecule has 0 unspecified atom stereocenters. The van der Waals surface area contributed by atoms with Gasteiger partial charge in [0.25, 0.3) is 0 Å². The van der Waals surface area contributed by atoms with Crippen LogP contribution in [0.25, 0.3) is 11.0 Å². The fourth-order valence-corrected chi connectivity index (χ4v) is 1.55. The molecule has 0 aliphatic rings. The topological polar surface area (TPSA) is 26.0 Å². The molecular weight excluding hydrogens is 274 g/mol. The van der Waals surface area contributed by atoms with Gasteiger partial charge in [-0.2, -0.15) is 0 Å². The Morgan fingerprint density at radius 2 is 1.91 bits per heavy atom. The molecule has 0 saturated carbocycles. The van der Waals surface area contributed by atoms with Gasteiger partial charge in [0.15, 0.2) is 5.58 Å². The first-order valence-corrected chi connectivity index (χ1v) is 4.55. The summed E-state index contributed by atoms with van der Waals surface area (Å²) in [4.78, 5) is 0. The average molecular weight is 277 g/mol. The molecule has 4 heteroatoms. The summed E-state index contributed by atoms with van der Waals surface area (Å²) in [6.45, 7) is 0. The van der Waals surface area contributed by atoms with E-state index in [0.717, 1.165) is 19.9 Å². The van der Waals surface area contributed by atoms with E-state index < -0.39 is 0 Å². The minimum absolute atomic E-state index is 0.792. The van der Waals surface area contributed by atoms with Crippen molar-refractivity contribution < 1.29 is 4.52 Å². The molecule has 0 spiro atoms. The fourth-order valence-electron chi connectivity index (χ4n) is 0.864. The quantitative estimate of drug-likeness (QED) is 0.738. The maximum Gasteiger partial charge on any atom is 0.168 e. The fraction of sp³-hybridized carbons (Fsp3) is 0. The van der Waals surface area contributed by atoms with Crippen LogP contribution >= 0.6 is 31.9 Å². The number of benzene rings is 1. The van der Waals surface area contributed by atoms with E-state index in [1.807, 2.05) is 12.1 Å². The van der Waals surface area contributed by atoms with E-state index in [1.54, 1.807) is 6.20 Å². The normalized spacial score (nSPS) is 10.7. The molecule has 0 atom stereocenters. The molecule has 0 amide bonds.